The zero-order valence-electron chi connectivity index (χ0n) is 9.69. The maximum Gasteiger partial charge on any atom is 0.271 e. The SMILES string of the molecule is NCCCc1c(O)n(-c2ccccc2Br)[nH]c1=O. The summed E-state index contributed by atoms with van der Waals surface area (Å²) in [5.74, 6) is -0.0552. The molecular formula is C12H14BrN3O2. The number of hydrogen-bond donors (Lipinski definition) is 3. The molecule has 18 heavy (non-hydrogen) atoms. The number of halogens is 1. The number of nitrogens with zero attached hydrogens (tertiary/aromatic N) is 1. The lowest BCUT2D eigenvalue weighted by molar-refractivity contribution is 0.427. The highest BCUT2D eigenvalue weighted by Gasteiger charge is 2.15. The highest BCUT2D eigenvalue weighted by Crippen LogP contribution is 2.25. The minimum Gasteiger partial charge on any atom is -0.493 e. The molecule has 0 saturated heterocycles. The van der Waals surface area contributed by atoms with Crippen LogP contribution >= 0.6 is 15.9 Å². The third-order valence-corrected chi connectivity index (χ3v) is 3.36. The summed E-state index contributed by atoms with van der Waals surface area (Å²) in [5.41, 5.74) is 6.19. The van der Waals surface area contributed by atoms with Gasteiger partial charge in [-0.05, 0) is 47.4 Å². The second kappa shape index (κ2) is 5.41. The van der Waals surface area contributed by atoms with Crippen molar-refractivity contribution in [2.24, 2.45) is 5.73 Å². The van der Waals surface area contributed by atoms with Crippen molar-refractivity contribution in [1.29, 1.82) is 0 Å². The first kappa shape index (κ1) is 12.9. The first-order valence-electron chi connectivity index (χ1n) is 5.63. The molecule has 0 bridgehead atoms. The highest BCUT2D eigenvalue weighted by molar-refractivity contribution is 9.10. The molecule has 4 N–H and O–H groups in total. The van der Waals surface area contributed by atoms with Gasteiger partial charge in [0.05, 0.1) is 11.3 Å². The number of aromatic amines is 1. The molecule has 96 valence electrons. The van der Waals surface area contributed by atoms with Crippen molar-refractivity contribution < 1.29 is 5.11 Å². The highest BCUT2D eigenvalue weighted by atomic mass is 79.9. The van der Waals surface area contributed by atoms with Gasteiger partial charge >= 0.3 is 0 Å². The molecule has 1 heterocycles. The molecule has 1 aromatic heterocycles. The van der Waals surface area contributed by atoms with E-state index in [4.69, 9.17) is 5.73 Å². The molecule has 0 radical (unpaired) electrons. The van der Waals surface area contributed by atoms with E-state index < -0.39 is 0 Å². The number of H-pyrrole nitrogens is 1. The summed E-state index contributed by atoms with van der Waals surface area (Å²) in [6.07, 6.45) is 1.13. The maximum absolute atomic E-state index is 11.8. The summed E-state index contributed by atoms with van der Waals surface area (Å²) in [7, 11) is 0. The van der Waals surface area contributed by atoms with Crippen molar-refractivity contribution in [1.82, 2.24) is 9.78 Å². The molecule has 0 aliphatic rings. The van der Waals surface area contributed by atoms with Gasteiger partial charge in [0.15, 0.2) is 0 Å². The Kier molecular flexibility index (Phi) is 3.88. The molecule has 2 aromatic rings. The Morgan fingerprint density at radius 1 is 1.39 bits per heavy atom. The van der Waals surface area contributed by atoms with Crippen LogP contribution in [0.3, 0.4) is 0 Å². The summed E-state index contributed by atoms with van der Waals surface area (Å²) < 4.78 is 2.16. The van der Waals surface area contributed by atoms with E-state index in [2.05, 4.69) is 21.0 Å². The number of aromatic hydroxyl groups is 1. The van der Waals surface area contributed by atoms with Gasteiger partial charge in [-0.2, -0.15) is 0 Å². The van der Waals surface area contributed by atoms with Gasteiger partial charge in [0.25, 0.3) is 5.56 Å². The van der Waals surface area contributed by atoms with Crippen LogP contribution in [0, 0.1) is 0 Å². The van der Waals surface area contributed by atoms with Gasteiger partial charge in [0, 0.05) is 4.47 Å². The second-order valence-corrected chi connectivity index (χ2v) is 4.78. The first-order chi connectivity index (χ1) is 8.65. The number of aromatic nitrogens is 2. The lowest BCUT2D eigenvalue weighted by atomic mass is 10.2. The molecule has 0 spiro atoms. The van der Waals surface area contributed by atoms with Gasteiger partial charge in [0.2, 0.25) is 5.88 Å². The van der Waals surface area contributed by atoms with Crippen molar-refractivity contribution in [2.75, 3.05) is 6.54 Å². The number of para-hydroxylation sites is 1. The molecule has 5 nitrogen and oxygen atoms in total. The standard InChI is InChI=1S/C12H14BrN3O2/c13-9-5-1-2-6-10(9)16-12(18)8(4-3-7-14)11(17)15-16/h1-2,5-6,18H,3-4,7,14H2,(H,15,17). The van der Waals surface area contributed by atoms with Crippen LogP contribution in [0.25, 0.3) is 5.69 Å². The predicted molar refractivity (Wildman–Crippen MR) is 73.1 cm³/mol. The van der Waals surface area contributed by atoms with E-state index in [1.807, 2.05) is 18.2 Å². The fourth-order valence-electron chi connectivity index (χ4n) is 1.77. The van der Waals surface area contributed by atoms with E-state index in [0.29, 0.717) is 30.6 Å². The Hall–Kier alpha value is -1.53. The third kappa shape index (κ3) is 2.34. The molecule has 0 aliphatic heterocycles. The van der Waals surface area contributed by atoms with Crippen LogP contribution in [-0.2, 0) is 6.42 Å². The molecule has 0 amide bonds. The van der Waals surface area contributed by atoms with E-state index in [1.54, 1.807) is 6.07 Å². The quantitative estimate of drug-likeness (QED) is 0.800. The molecule has 1 aromatic carbocycles. The van der Waals surface area contributed by atoms with E-state index in [-0.39, 0.29) is 11.4 Å². The summed E-state index contributed by atoms with van der Waals surface area (Å²) in [6, 6.07) is 7.33. The van der Waals surface area contributed by atoms with Gasteiger partial charge < -0.3 is 10.8 Å². The Morgan fingerprint density at radius 3 is 2.78 bits per heavy atom. The van der Waals surface area contributed by atoms with Crippen LogP contribution in [-0.4, -0.2) is 21.4 Å². The molecule has 6 heteroatoms. The minimum atomic E-state index is -0.281. The Bertz CT molecular complexity index is 604. The maximum atomic E-state index is 11.8. The molecule has 0 atom stereocenters. The average molecular weight is 312 g/mol. The molecule has 0 aliphatic carbocycles. The van der Waals surface area contributed by atoms with E-state index >= 15 is 0 Å². The number of hydrogen-bond acceptors (Lipinski definition) is 3. The fourth-order valence-corrected chi connectivity index (χ4v) is 2.23. The summed E-state index contributed by atoms with van der Waals surface area (Å²) >= 11 is 3.38. The van der Waals surface area contributed by atoms with Gasteiger partial charge in [-0.1, -0.05) is 12.1 Å². The molecule has 0 unspecified atom stereocenters. The lowest BCUT2D eigenvalue weighted by Crippen LogP contribution is -2.09. The third-order valence-electron chi connectivity index (χ3n) is 2.69. The topological polar surface area (TPSA) is 84.0 Å². The normalized spacial score (nSPS) is 10.8. The lowest BCUT2D eigenvalue weighted by Gasteiger charge is -2.06. The largest absolute Gasteiger partial charge is 0.493 e. The average Bonchev–Trinajstić information content (AvgIpc) is 2.63. The van der Waals surface area contributed by atoms with E-state index in [1.165, 1.54) is 4.68 Å². The van der Waals surface area contributed by atoms with Crippen LogP contribution in [0.5, 0.6) is 5.88 Å². The second-order valence-electron chi connectivity index (χ2n) is 3.92. The zero-order chi connectivity index (χ0) is 13.1. The van der Waals surface area contributed by atoms with Crippen molar-refractivity contribution >= 4 is 15.9 Å². The monoisotopic (exact) mass is 311 g/mol. The van der Waals surface area contributed by atoms with E-state index in [9.17, 15) is 9.90 Å². The number of rotatable bonds is 4. The van der Waals surface area contributed by atoms with Crippen LogP contribution in [0.4, 0.5) is 0 Å². The van der Waals surface area contributed by atoms with Crippen molar-refractivity contribution in [2.45, 2.75) is 12.8 Å². The molecule has 0 fully saturated rings. The summed E-state index contributed by atoms with van der Waals surface area (Å²) in [4.78, 5) is 11.8. The van der Waals surface area contributed by atoms with Gasteiger partial charge in [-0.3, -0.25) is 9.89 Å². The van der Waals surface area contributed by atoms with Crippen LogP contribution in [0.15, 0.2) is 33.5 Å². The number of nitrogens with two attached hydrogens (primary N) is 1. The number of nitrogens with one attached hydrogen (secondary N) is 1. The van der Waals surface area contributed by atoms with Gasteiger partial charge in [0.1, 0.15) is 0 Å². The molecule has 0 saturated carbocycles. The molecular weight excluding hydrogens is 298 g/mol. The predicted octanol–water partition coefficient (Wildman–Crippen LogP) is 1.52. The van der Waals surface area contributed by atoms with Crippen molar-refractivity contribution in [3.63, 3.8) is 0 Å². The minimum absolute atomic E-state index is 0.0552. The van der Waals surface area contributed by atoms with Crippen LogP contribution in [0.1, 0.15) is 12.0 Å². The van der Waals surface area contributed by atoms with Crippen molar-refractivity contribution in [3.8, 4) is 11.6 Å². The Morgan fingerprint density at radius 2 is 2.11 bits per heavy atom. The zero-order valence-corrected chi connectivity index (χ0v) is 11.3. The van der Waals surface area contributed by atoms with Crippen LogP contribution in [0.2, 0.25) is 0 Å². The summed E-state index contributed by atoms with van der Waals surface area (Å²) in [6.45, 7) is 0.485. The Labute approximate surface area is 112 Å². The van der Waals surface area contributed by atoms with Crippen molar-refractivity contribution in [3.05, 3.63) is 44.7 Å². The molecule has 2 rings (SSSR count). The van der Waals surface area contributed by atoms with Crippen LogP contribution < -0.4 is 11.3 Å². The van der Waals surface area contributed by atoms with Gasteiger partial charge in [-0.15, -0.1) is 0 Å². The van der Waals surface area contributed by atoms with Gasteiger partial charge in [-0.25, -0.2) is 4.68 Å². The Balaban J connectivity index is 2.48. The smallest absolute Gasteiger partial charge is 0.271 e. The fraction of sp³-hybridized carbons (Fsp3) is 0.250. The number of benzene rings is 1. The van der Waals surface area contributed by atoms with E-state index in [0.717, 1.165) is 4.47 Å². The first-order valence-corrected chi connectivity index (χ1v) is 6.42. The summed E-state index contributed by atoms with van der Waals surface area (Å²) in [5, 5.41) is 12.7.